The maximum atomic E-state index is 12.5. The zero-order valence-corrected chi connectivity index (χ0v) is 29.2. The Balaban J connectivity index is 4.47. The highest BCUT2D eigenvalue weighted by atomic mass is 31.2. The van der Waals surface area contributed by atoms with E-state index in [1.54, 1.807) is 0 Å². The van der Waals surface area contributed by atoms with Gasteiger partial charge >= 0.3 is 19.8 Å². The summed E-state index contributed by atoms with van der Waals surface area (Å²) in [6.45, 7) is 2.13. The highest BCUT2D eigenvalue weighted by molar-refractivity contribution is 7.47. The standard InChI is InChI=1S/C35H61O10P/c1-3-5-7-9-11-13-14-15-16-17-18-19-21-23-25-27-35(39)45-33(31-44-46(40,41)43-29-32(37)28-36)30-42-34(38)26-24-22-20-12-10-8-6-4-2/h5,7,9,11,13-16,32-33,36-37H,3-4,6,8,10,12,17-31H2,1-2H3,(H,40,41)/b7-5+,11-9+,14-13+,16-15+/t32-,33+/m0/s1. The van der Waals surface area contributed by atoms with Crippen LogP contribution in [0.2, 0.25) is 0 Å². The Labute approximate surface area is 277 Å². The van der Waals surface area contributed by atoms with Crippen molar-refractivity contribution in [1.82, 2.24) is 0 Å². The minimum absolute atomic E-state index is 0.157. The predicted octanol–water partition coefficient (Wildman–Crippen LogP) is 7.82. The Morgan fingerprint density at radius 1 is 0.674 bits per heavy atom. The van der Waals surface area contributed by atoms with Crippen LogP contribution >= 0.6 is 7.82 Å². The largest absolute Gasteiger partial charge is 0.472 e. The molecule has 0 saturated heterocycles. The number of phosphoric acid groups is 1. The van der Waals surface area contributed by atoms with Crippen LogP contribution in [0.25, 0.3) is 0 Å². The van der Waals surface area contributed by atoms with Crippen molar-refractivity contribution in [2.45, 2.75) is 135 Å². The number of hydrogen-bond donors (Lipinski definition) is 3. The van der Waals surface area contributed by atoms with E-state index in [9.17, 15) is 24.2 Å². The lowest BCUT2D eigenvalue weighted by atomic mass is 10.1. The fourth-order valence-electron chi connectivity index (χ4n) is 4.18. The molecule has 0 saturated carbocycles. The van der Waals surface area contributed by atoms with Gasteiger partial charge < -0.3 is 24.6 Å². The first-order valence-corrected chi connectivity index (χ1v) is 18.6. The van der Waals surface area contributed by atoms with E-state index in [-0.39, 0.29) is 19.4 Å². The van der Waals surface area contributed by atoms with Crippen molar-refractivity contribution in [2.24, 2.45) is 0 Å². The van der Waals surface area contributed by atoms with Crippen molar-refractivity contribution in [3.63, 3.8) is 0 Å². The van der Waals surface area contributed by atoms with Gasteiger partial charge in [0.2, 0.25) is 0 Å². The number of rotatable bonds is 31. The van der Waals surface area contributed by atoms with Gasteiger partial charge in [-0.3, -0.25) is 18.6 Å². The van der Waals surface area contributed by atoms with Crippen LogP contribution in [0.15, 0.2) is 48.6 Å². The van der Waals surface area contributed by atoms with E-state index in [0.717, 1.165) is 57.8 Å². The molecule has 0 bridgehead atoms. The van der Waals surface area contributed by atoms with Gasteiger partial charge in [0, 0.05) is 12.8 Å². The van der Waals surface area contributed by atoms with Crippen LogP contribution in [-0.2, 0) is 32.7 Å². The molecule has 266 valence electrons. The molecule has 0 amide bonds. The van der Waals surface area contributed by atoms with Gasteiger partial charge in [-0.25, -0.2) is 4.57 Å². The van der Waals surface area contributed by atoms with Gasteiger partial charge in [-0.2, -0.15) is 0 Å². The molecule has 0 heterocycles. The molecule has 3 atom stereocenters. The summed E-state index contributed by atoms with van der Waals surface area (Å²) in [5, 5.41) is 18.2. The Bertz CT molecular complexity index is 915. The van der Waals surface area contributed by atoms with Crippen molar-refractivity contribution in [3.8, 4) is 0 Å². The second-order valence-electron chi connectivity index (χ2n) is 11.3. The number of carbonyl (C=O) groups excluding carboxylic acids is 2. The lowest BCUT2D eigenvalue weighted by Gasteiger charge is -2.20. The summed E-state index contributed by atoms with van der Waals surface area (Å²) >= 11 is 0. The van der Waals surface area contributed by atoms with Crippen molar-refractivity contribution in [2.75, 3.05) is 26.4 Å². The molecular formula is C35H61O10P. The minimum Gasteiger partial charge on any atom is -0.462 e. The maximum absolute atomic E-state index is 12.5. The molecule has 0 aromatic rings. The van der Waals surface area contributed by atoms with Crippen LogP contribution < -0.4 is 0 Å². The summed E-state index contributed by atoms with van der Waals surface area (Å²) in [5.74, 6) is -0.963. The van der Waals surface area contributed by atoms with Gasteiger partial charge in [0.05, 0.1) is 19.8 Å². The monoisotopic (exact) mass is 672 g/mol. The minimum atomic E-state index is -4.61. The second kappa shape index (κ2) is 31.5. The molecule has 0 aromatic carbocycles. The third kappa shape index (κ3) is 30.6. The number of carbonyl (C=O) groups is 2. The molecule has 10 nitrogen and oxygen atoms in total. The Morgan fingerprint density at radius 3 is 1.80 bits per heavy atom. The topological polar surface area (TPSA) is 149 Å². The number of aliphatic hydroxyl groups excluding tert-OH is 2. The van der Waals surface area contributed by atoms with Gasteiger partial charge in [-0.15, -0.1) is 0 Å². The normalized spacial score (nSPS) is 14.8. The zero-order chi connectivity index (χ0) is 34.1. The third-order valence-electron chi connectivity index (χ3n) is 6.84. The molecule has 0 rings (SSSR count). The quantitative estimate of drug-likeness (QED) is 0.0288. The van der Waals surface area contributed by atoms with Gasteiger partial charge in [-0.05, 0) is 32.1 Å². The Kier molecular flexibility index (Phi) is 30.1. The summed E-state index contributed by atoms with van der Waals surface area (Å²) in [6.07, 6.45) is 29.6. The van der Waals surface area contributed by atoms with Crippen molar-refractivity contribution in [3.05, 3.63) is 48.6 Å². The van der Waals surface area contributed by atoms with Crippen LogP contribution in [0, 0.1) is 0 Å². The number of allylic oxidation sites excluding steroid dienone is 8. The molecule has 46 heavy (non-hydrogen) atoms. The molecule has 0 aliphatic rings. The molecule has 11 heteroatoms. The molecule has 0 aromatic heterocycles. The molecule has 0 fully saturated rings. The molecule has 0 spiro atoms. The van der Waals surface area contributed by atoms with E-state index in [1.807, 2.05) is 36.5 Å². The summed E-state index contributed by atoms with van der Waals surface area (Å²) in [5.41, 5.74) is 0. The third-order valence-corrected chi connectivity index (χ3v) is 7.79. The predicted molar refractivity (Wildman–Crippen MR) is 182 cm³/mol. The van der Waals surface area contributed by atoms with Gasteiger partial charge in [0.15, 0.2) is 6.10 Å². The summed E-state index contributed by atoms with van der Waals surface area (Å²) in [7, 11) is -4.61. The lowest BCUT2D eigenvalue weighted by molar-refractivity contribution is -0.161. The first-order valence-electron chi connectivity index (χ1n) is 17.1. The van der Waals surface area contributed by atoms with E-state index in [4.69, 9.17) is 19.1 Å². The number of hydrogen-bond acceptors (Lipinski definition) is 9. The molecule has 0 aliphatic heterocycles. The lowest BCUT2D eigenvalue weighted by Crippen LogP contribution is -2.29. The maximum Gasteiger partial charge on any atom is 0.472 e. The number of esters is 2. The van der Waals surface area contributed by atoms with Crippen LogP contribution in [0.3, 0.4) is 0 Å². The number of aliphatic hydroxyl groups is 2. The average molecular weight is 673 g/mol. The molecule has 3 N–H and O–H groups in total. The van der Waals surface area contributed by atoms with Crippen molar-refractivity contribution >= 4 is 19.8 Å². The first-order chi connectivity index (χ1) is 22.2. The molecule has 0 radical (unpaired) electrons. The Hall–Kier alpha value is -2.07. The average Bonchev–Trinajstić information content (AvgIpc) is 3.04. The molecular weight excluding hydrogens is 611 g/mol. The second-order valence-corrected chi connectivity index (χ2v) is 12.7. The van der Waals surface area contributed by atoms with Crippen molar-refractivity contribution in [1.29, 1.82) is 0 Å². The Morgan fingerprint density at radius 2 is 1.20 bits per heavy atom. The smallest absolute Gasteiger partial charge is 0.462 e. The van der Waals surface area contributed by atoms with E-state index >= 15 is 0 Å². The van der Waals surface area contributed by atoms with Gasteiger partial charge in [-0.1, -0.05) is 127 Å². The molecule has 0 aliphatic carbocycles. The van der Waals surface area contributed by atoms with Gasteiger partial charge in [0.1, 0.15) is 12.7 Å². The van der Waals surface area contributed by atoms with Crippen LogP contribution in [-0.4, -0.2) is 65.7 Å². The molecule has 1 unspecified atom stereocenters. The number of ether oxygens (including phenoxy) is 2. The zero-order valence-electron chi connectivity index (χ0n) is 28.3. The van der Waals surface area contributed by atoms with E-state index in [1.165, 1.54) is 25.7 Å². The number of unbranched alkanes of at least 4 members (excludes halogenated alkanes) is 12. The van der Waals surface area contributed by atoms with Crippen LogP contribution in [0.5, 0.6) is 0 Å². The SMILES string of the molecule is CC/C=C/C=C/C=C/C=C/CCCCCCCC(=O)O[C@H](COC(=O)CCCCCCCCCC)COP(=O)(O)OC[C@@H](O)CO. The van der Waals surface area contributed by atoms with E-state index in [0.29, 0.717) is 12.8 Å². The highest BCUT2D eigenvalue weighted by Crippen LogP contribution is 2.43. The van der Waals surface area contributed by atoms with Crippen LogP contribution in [0.4, 0.5) is 0 Å². The van der Waals surface area contributed by atoms with Crippen LogP contribution in [0.1, 0.15) is 123 Å². The first kappa shape index (κ1) is 43.9. The fourth-order valence-corrected chi connectivity index (χ4v) is 4.97. The highest BCUT2D eigenvalue weighted by Gasteiger charge is 2.27. The van der Waals surface area contributed by atoms with Crippen molar-refractivity contribution < 1.29 is 47.8 Å². The summed E-state index contributed by atoms with van der Waals surface area (Å²) < 4.78 is 32.4. The van der Waals surface area contributed by atoms with E-state index in [2.05, 4.69) is 30.5 Å². The number of phosphoric ester groups is 1. The summed E-state index contributed by atoms with van der Waals surface area (Å²) in [6, 6.07) is 0. The summed E-state index contributed by atoms with van der Waals surface area (Å²) in [4.78, 5) is 34.6. The van der Waals surface area contributed by atoms with E-state index < -0.39 is 51.8 Å². The fraction of sp³-hybridized carbons (Fsp3) is 0.714. The van der Waals surface area contributed by atoms with Gasteiger partial charge in [0.25, 0.3) is 0 Å².